The topological polar surface area (TPSA) is 30.2 Å². The maximum Gasteiger partial charge on any atom is 0.185 e. The largest absolute Gasteiger partial charge is 0.447 e. The molecule has 4 heteroatoms. The number of halogens is 1. The Morgan fingerprint density at radius 2 is 2.13 bits per heavy atom. The third-order valence-corrected chi connectivity index (χ3v) is 2.64. The van der Waals surface area contributed by atoms with Crippen molar-refractivity contribution in [3.05, 3.63) is 48.0 Å². The predicted molar refractivity (Wildman–Crippen MR) is 54.6 cm³/mol. The molecule has 1 aromatic carbocycles. The van der Waals surface area contributed by atoms with Gasteiger partial charge in [0.1, 0.15) is 5.82 Å². The highest BCUT2D eigenvalue weighted by atomic mass is 32.2. The summed E-state index contributed by atoms with van der Waals surface area (Å²) >= 11 is 1.27. The molecule has 0 aliphatic heterocycles. The quantitative estimate of drug-likeness (QED) is 0.746. The Bertz CT molecular complexity index is 479. The van der Waals surface area contributed by atoms with E-state index in [9.17, 15) is 9.18 Å². The second-order valence-electron chi connectivity index (χ2n) is 2.83. The smallest absolute Gasteiger partial charge is 0.185 e. The molecule has 0 aliphatic carbocycles. The first-order valence-electron chi connectivity index (χ1n) is 4.26. The third-order valence-electron chi connectivity index (χ3n) is 1.73. The molecule has 0 atom stereocenters. The Balaban J connectivity index is 2.18. The molecule has 2 aromatic rings. The van der Waals surface area contributed by atoms with E-state index in [1.807, 2.05) is 0 Å². The monoisotopic (exact) mass is 222 g/mol. The van der Waals surface area contributed by atoms with E-state index in [1.54, 1.807) is 24.3 Å². The number of hydrogen-bond acceptors (Lipinski definition) is 3. The number of carbonyl (C=O) groups excluding carboxylic acids is 1. The van der Waals surface area contributed by atoms with Crippen molar-refractivity contribution in [2.24, 2.45) is 0 Å². The van der Waals surface area contributed by atoms with Gasteiger partial charge in [-0.1, -0.05) is 17.8 Å². The lowest BCUT2D eigenvalue weighted by Crippen LogP contribution is -1.74. The summed E-state index contributed by atoms with van der Waals surface area (Å²) in [6.07, 6.45) is 0.635. The molecule has 0 amide bonds. The molecule has 76 valence electrons. The summed E-state index contributed by atoms with van der Waals surface area (Å²) in [5.41, 5.74) is 0. The van der Waals surface area contributed by atoms with Crippen LogP contribution in [0.15, 0.2) is 50.8 Å². The molecule has 2 rings (SSSR count). The first-order chi connectivity index (χ1) is 7.28. The highest BCUT2D eigenvalue weighted by Crippen LogP contribution is 2.29. The summed E-state index contributed by atoms with van der Waals surface area (Å²) in [5.74, 6) is -0.0175. The lowest BCUT2D eigenvalue weighted by Gasteiger charge is -1.96. The van der Waals surface area contributed by atoms with Gasteiger partial charge in [-0.15, -0.1) is 0 Å². The highest BCUT2D eigenvalue weighted by Gasteiger charge is 2.03. The number of carbonyl (C=O) groups is 1. The summed E-state index contributed by atoms with van der Waals surface area (Å²) in [7, 11) is 0. The van der Waals surface area contributed by atoms with Gasteiger partial charge in [0.25, 0.3) is 0 Å². The van der Waals surface area contributed by atoms with Crippen molar-refractivity contribution < 1.29 is 13.6 Å². The minimum Gasteiger partial charge on any atom is -0.447 e. The molecule has 0 unspecified atom stereocenters. The van der Waals surface area contributed by atoms with Crippen LogP contribution in [0.5, 0.6) is 0 Å². The maximum atomic E-state index is 12.8. The van der Waals surface area contributed by atoms with E-state index in [2.05, 4.69) is 0 Å². The Morgan fingerprint density at radius 3 is 2.80 bits per heavy atom. The van der Waals surface area contributed by atoms with Gasteiger partial charge in [-0.05, 0) is 30.3 Å². The van der Waals surface area contributed by atoms with E-state index >= 15 is 0 Å². The zero-order valence-electron chi connectivity index (χ0n) is 7.64. The Kier molecular flexibility index (Phi) is 2.87. The first kappa shape index (κ1) is 9.98. The van der Waals surface area contributed by atoms with Crippen LogP contribution >= 0.6 is 11.8 Å². The van der Waals surface area contributed by atoms with Crippen LogP contribution in [0.4, 0.5) is 4.39 Å². The maximum absolute atomic E-state index is 12.8. The Morgan fingerprint density at radius 1 is 1.27 bits per heavy atom. The van der Waals surface area contributed by atoms with Gasteiger partial charge < -0.3 is 4.42 Å². The van der Waals surface area contributed by atoms with Gasteiger partial charge in [-0.3, -0.25) is 4.79 Å². The van der Waals surface area contributed by atoms with Crippen LogP contribution in [0, 0.1) is 5.82 Å². The Hall–Kier alpha value is -1.55. The van der Waals surface area contributed by atoms with Crippen molar-refractivity contribution in [3.63, 3.8) is 0 Å². The number of aldehydes is 1. The molecule has 0 spiro atoms. The van der Waals surface area contributed by atoms with Crippen molar-refractivity contribution >= 4 is 18.0 Å². The molecule has 0 saturated heterocycles. The van der Waals surface area contributed by atoms with Crippen LogP contribution in [0.25, 0.3) is 0 Å². The number of rotatable bonds is 3. The van der Waals surface area contributed by atoms with E-state index < -0.39 is 0 Å². The van der Waals surface area contributed by atoms with Crippen molar-refractivity contribution in [2.75, 3.05) is 0 Å². The number of benzene rings is 1. The summed E-state index contributed by atoms with van der Waals surface area (Å²) in [4.78, 5) is 11.1. The fourth-order valence-electron chi connectivity index (χ4n) is 1.10. The van der Waals surface area contributed by atoms with Gasteiger partial charge >= 0.3 is 0 Å². The van der Waals surface area contributed by atoms with Crippen LogP contribution in [-0.4, -0.2) is 6.29 Å². The van der Waals surface area contributed by atoms with Crippen LogP contribution < -0.4 is 0 Å². The zero-order valence-corrected chi connectivity index (χ0v) is 8.46. The fraction of sp³-hybridized carbons (Fsp3) is 0. The molecule has 0 radical (unpaired) electrons. The summed E-state index contributed by atoms with van der Waals surface area (Å²) in [6.45, 7) is 0. The lowest BCUT2D eigenvalue weighted by atomic mass is 10.4. The summed E-state index contributed by atoms with van der Waals surface area (Å²) < 4.78 is 18.0. The van der Waals surface area contributed by atoms with Gasteiger partial charge in [0.15, 0.2) is 17.1 Å². The number of furan rings is 1. The fourth-order valence-corrected chi connectivity index (χ4v) is 1.92. The average Bonchev–Trinajstić information content (AvgIpc) is 2.65. The minimum atomic E-state index is -0.290. The molecular weight excluding hydrogens is 215 g/mol. The van der Waals surface area contributed by atoms with Crippen LogP contribution in [0.2, 0.25) is 0 Å². The van der Waals surface area contributed by atoms with Crippen LogP contribution in [-0.2, 0) is 0 Å². The minimum absolute atomic E-state index is 0.272. The first-order valence-corrected chi connectivity index (χ1v) is 5.08. The molecule has 0 N–H and O–H groups in total. The molecule has 0 saturated carbocycles. The number of hydrogen-bond donors (Lipinski definition) is 0. The van der Waals surface area contributed by atoms with Crippen LogP contribution in [0.3, 0.4) is 0 Å². The molecule has 1 heterocycles. The normalized spacial score (nSPS) is 10.2. The van der Waals surface area contributed by atoms with E-state index in [0.29, 0.717) is 11.4 Å². The summed E-state index contributed by atoms with van der Waals surface area (Å²) in [5, 5.41) is 0.572. The summed E-state index contributed by atoms with van der Waals surface area (Å²) in [6, 6.07) is 9.45. The van der Waals surface area contributed by atoms with E-state index in [-0.39, 0.29) is 11.6 Å². The van der Waals surface area contributed by atoms with Crippen molar-refractivity contribution in [2.45, 2.75) is 9.99 Å². The molecular formula is C11H7FO2S. The molecule has 2 nitrogen and oxygen atoms in total. The third kappa shape index (κ3) is 2.47. The second kappa shape index (κ2) is 4.31. The van der Waals surface area contributed by atoms with E-state index in [4.69, 9.17) is 4.42 Å². The van der Waals surface area contributed by atoms with Gasteiger partial charge in [0.05, 0.1) is 0 Å². The van der Waals surface area contributed by atoms with Gasteiger partial charge in [-0.2, -0.15) is 0 Å². The van der Waals surface area contributed by atoms with Crippen molar-refractivity contribution in [3.8, 4) is 0 Å². The zero-order chi connectivity index (χ0) is 10.7. The standard InChI is InChI=1S/C11H7FO2S/c12-8-2-1-3-10(6-8)15-11-5-4-9(7-13)14-11/h1-7H. The molecule has 0 aliphatic rings. The SMILES string of the molecule is O=Cc1ccc(Sc2cccc(F)c2)o1. The highest BCUT2D eigenvalue weighted by molar-refractivity contribution is 7.99. The lowest BCUT2D eigenvalue weighted by molar-refractivity contribution is 0.109. The van der Waals surface area contributed by atoms with Gasteiger partial charge in [0.2, 0.25) is 0 Å². The van der Waals surface area contributed by atoms with Crippen LogP contribution in [0.1, 0.15) is 10.6 Å². The average molecular weight is 222 g/mol. The van der Waals surface area contributed by atoms with Gasteiger partial charge in [0, 0.05) is 4.90 Å². The molecule has 0 bridgehead atoms. The van der Waals surface area contributed by atoms with E-state index in [0.717, 1.165) is 4.90 Å². The van der Waals surface area contributed by atoms with Crippen molar-refractivity contribution in [1.82, 2.24) is 0 Å². The Labute approximate surface area is 90.1 Å². The predicted octanol–water partition coefficient (Wildman–Crippen LogP) is 3.38. The second-order valence-corrected chi connectivity index (χ2v) is 3.91. The van der Waals surface area contributed by atoms with Crippen molar-refractivity contribution in [1.29, 1.82) is 0 Å². The van der Waals surface area contributed by atoms with Gasteiger partial charge in [-0.25, -0.2) is 4.39 Å². The molecule has 1 aromatic heterocycles. The molecule has 15 heavy (non-hydrogen) atoms. The molecule has 0 fully saturated rings. The van der Waals surface area contributed by atoms with E-state index in [1.165, 1.54) is 23.9 Å².